The van der Waals surface area contributed by atoms with E-state index >= 15 is 0 Å². The number of esters is 1. The Balaban J connectivity index is 2.85. The van der Waals surface area contributed by atoms with E-state index in [0.29, 0.717) is 17.2 Å². The zero-order valence-corrected chi connectivity index (χ0v) is 10.3. The Bertz CT molecular complexity index is 381. The molecular weight excluding hydrogens is 224 g/mol. The van der Waals surface area contributed by atoms with Crippen LogP contribution in [0.4, 0.5) is 0 Å². The van der Waals surface area contributed by atoms with E-state index in [1.54, 1.807) is 19.1 Å². The summed E-state index contributed by atoms with van der Waals surface area (Å²) in [5, 5.41) is 0.659. The maximum Gasteiger partial charge on any atom is 0.318 e. The predicted molar refractivity (Wildman–Crippen MR) is 65.4 cm³/mol. The molecule has 0 spiro atoms. The molecule has 0 aliphatic rings. The van der Waals surface area contributed by atoms with Crippen molar-refractivity contribution in [3.05, 3.63) is 47.2 Å². The van der Waals surface area contributed by atoms with Crippen LogP contribution in [0.2, 0.25) is 5.02 Å². The second kappa shape index (κ2) is 5.71. The van der Waals surface area contributed by atoms with Crippen LogP contribution in [-0.4, -0.2) is 5.97 Å². The number of halogens is 1. The molecule has 1 atom stereocenters. The minimum atomic E-state index is -0.266. The lowest BCUT2D eigenvalue weighted by atomic mass is 9.97. The van der Waals surface area contributed by atoms with Crippen molar-refractivity contribution in [2.24, 2.45) is 0 Å². The lowest BCUT2D eigenvalue weighted by molar-refractivity contribution is -0.141. The zero-order valence-electron chi connectivity index (χ0n) is 9.50. The number of benzene rings is 1. The Kier molecular flexibility index (Phi) is 4.56. The number of carbonyl (C=O) groups is 1. The summed E-state index contributed by atoms with van der Waals surface area (Å²) in [4.78, 5) is 11.8. The topological polar surface area (TPSA) is 26.3 Å². The summed E-state index contributed by atoms with van der Waals surface area (Å²) < 4.78 is 5.02. The van der Waals surface area contributed by atoms with E-state index < -0.39 is 0 Å². The highest BCUT2D eigenvalue weighted by Crippen LogP contribution is 2.23. The van der Waals surface area contributed by atoms with Crippen molar-refractivity contribution in [2.45, 2.75) is 26.2 Å². The minimum Gasteiger partial charge on any atom is -0.432 e. The number of rotatable bonds is 4. The van der Waals surface area contributed by atoms with E-state index in [0.717, 1.165) is 5.56 Å². The summed E-state index contributed by atoms with van der Waals surface area (Å²) in [7, 11) is 0. The van der Waals surface area contributed by atoms with E-state index in [4.69, 9.17) is 16.3 Å². The third kappa shape index (κ3) is 3.38. The second-order valence-electron chi connectivity index (χ2n) is 3.64. The summed E-state index contributed by atoms with van der Waals surface area (Å²) >= 11 is 5.79. The molecule has 0 fully saturated rings. The zero-order chi connectivity index (χ0) is 12.1. The summed E-state index contributed by atoms with van der Waals surface area (Å²) in [5.74, 6) is -0.108. The van der Waals surface area contributed by atoms with Crippen LogP contribution < -0.4 is 0 Å². The van der Waals surface area contributed by atoms with E-state index in [9.17, 15) is 4.79 Å². The minimum absolute atomic E-state index is 0.256. The van der Waals surface area contributed by atoms with Crippen molar-refractivity contribution in [3.63, 3.8) is 0 Å². The van der Waals surface area contributed by atoms with Crippen molar-refractivity contribution in [1.82, 2.24) is 0 Å². The number of hydrogen-bond donors (Lipinski definition) is 0. The third-order valence-corrected chi connectivity index (χ3v) is 2.49. The first-order valence-electron chi connectivity index (χ1n) is 5.17. The SMILES string of the molecule is C=C(C)OC(=O)C(CC)c1ccc(Cl)cc1. The Hall–Kier alpha value is -1.28. The Labute approximate surface area is 101 Å². The van der Waals surface area contributed by atoms with Gasteiger partial charge in [-0.3, -0.25) is 4.79 Å². The van der Waals surface area contributed by atoms with Crippen LogP contribution >= 0.6 is 11.6 Å². The van der Waals surface area contributed by atoms with Gasteiger partial charge in [0.2, 0.25) is 0 Å². The number of allylic oxidation sites excluding steroid dienone is 1. The van der Waals surface area contributed by atoms with E-state index in [2.05, 4.69) is 6.58 Å². The summed E-state index contributed by atoms with van der Waals surface area (Å²) in [6, 6.07) is 7.23. The van der Waals surface area contributed by atoms with Gasteiger partial charge in [-0.1, -0.05) is 37.2 Å². The first-order chi connectivity index (χ1) is 7.54. The van der Waals surface area contributed by atoms with Crippen LogP contribution in [0.5, 0.6) is 0 Å². The van der Waals surface area contributed by atoms with Crippen LogP contribution in [0.15, 0.2) is 36.6 Å². The van der Waals surface area contributed by atoms with E-state index in [1.807, 2.05) is 19.1 Å². The van der Waals surface area contributed by atoms with Gasteiger partial charge in [-0.15, -0.1) is 0 Å². The van der Waals surface area contributed by atoms with Crippen molar-refractivity contribution in [2.75, 3.05) is 0 Å². The molecule has 0 amide bonds. The molecule has 1 rings (SSSR count). The third-order valence-electron chi connectivity index (χ3n) is 2.24. The lowest BCUT2D eigenvalue weighted by Gasteiger charge is -2.14. The van der Waals surface area contributed by atoms with Gasteiger partial charge < -0.3 is 4.74 Å². The molecule has 0 bridgehead atoms. The fourth-order valence-corrected chi connectivity index (χ4v) is 1.60. The maximum absolute atomic E-state index is 11.8. The van der Waals surface area contributed by atoms with Crippen molar-refractivity contribution in [3.8, 4) is 0 Å². The molecule has 0 aromatic heterocycles. The molecule has 16 heavy (non-hydrogen) atoms. The molecule has 3 heteroatoms. The largest absolute Gasteiger partial charge is 0.432 e. The number of carbonyl (C=O) groups excluding carboxylic acids is 1. The van der Waals surface area contributed by atoms with Gasteiger partial charge in [0.1, 0.15) is 0 Å². The predicted octanol–water partition coefficient (Wildman–Crippen LogP) is 3.91. The smallest absolute Gasteiger partial charge is 0.318 e. The monoisotopic (exact) mass is 238 g/mol. The molecule has 1 aromatic rings. The molecule has 0 saturated carbocycles. The lowest BCUT2D eigenvalue weighted by Crippen LogP contribution is -2.14. The average Bonchev–Trinajstić information content (AvgIpc) is 2.21. The van der Waals surface area contributed by atoms with Crippen LogP contribution in [0.1, 0.15) is 31.7 Å². The van der Waals surface area contributed by atoms with Gasteiger partial charge in [0, 0.05) is 5.02 Å². The summed E-state index contributed by atoms with van der Waals surface area (Å²) in [6.45, 7) is 7.16. The molecule has 1 aromatic carbocycles. The van der Waals surface area contributed by atoms with Crippen molar-refractivity contribution >= 4 is 17.6 Å². The summed E-state index contributed by atoms with van der Waals surface area (Å²) in [6.07, 6.45) is 0.688. The van der Waals surface area contributed by atoms with Crippen LogP contribution in [0.25, 0.3) is 0 Å². The Morgan fingerprint density at radius 1 is 1.44 bits per heavy atom. The quantitative estimate of drug-likeness (QED) is 0.587. The van der Waals surface area contributed by atoms with Crippen LogP contribution in [0.3, 0.4) is 0 Å². The highest BCUT2D eigenvalue weighted by molar-refractivity contribution is 6.30. The second-order valence-corrected chi connectivity index (χ2v) is 4.07. The van der Waals surface area contributed by atoms with Gasteiger partial charge in [0.05, 0.1) is 11.7 Å². The fourth-order valence-electron chi connectivity index (χ4n) is 1.48. The highest BCUT2D eigenvalue weighted by Gasteiger charge is 2.20. The molecule has 0 aliphatic heterocycles. The van der Waals surface area contributed by atoms with E-state index in [1.165, 1.54) is 0 Å². The molecule has 0 aliphatic carbocycles. The number of ether oxygens (including phenoxy) is 1. The maximum atomic E-state index is 11.8. The molecule has 0 N–H and O–H groups in total. The molecule has 1 unspecified atom stereocenters. The highest BCUT2D eigenvalue weighted by atomic mass is 35.5. The molecule has 0 saturated heterocycles. The van der Waals surface area contributed by atoms with E-state index in [-0.39, 0.29) is 11.9 Å². The van der Waals surface area contributed by atoms with Crippen molar-refractivity contribution in [1.29, 1.82) is 0 Å². The average molecular weight is 239 g/mol. The Morgan fingerprint density at radius 2 is 2.00 bits per heavy atom. The molecule has 2 nitrogen and oxygen atoms in total. The van der Waals surface area contributed by atoms with Gasteiger partial charge in [0.25, 0.3) is 0 Å². The first kappa shape index (κ1) is 12.8. The molecule has 86 valence electrons. The fraction of sp³-hybridized carbons (Fsp3) is 0.308. The standard InChI is InChI=1S/C13H15ClO2/c1-4-12(13(15)16-9(2)3)10-5-7-11(14)8-6-10/h5-8,12H,2,4H2,1,3H3. The van der Waals surface area contributed by atoms with Crippen molar-refractivity contribution < 1.29 is 9.53 Å². The van der Waals surface area contributed by atoms with Gasteiger partial charge in [-0.25, -0.2) is 0 Å². The van der Waals surface area contributed by atoms with Gasteiger partial charge in [0.15, 0.2) is 0 Å². The normalized spacial score (nSPS) is 11.9. The first-order valence-corrected chi connectivity index (χ1v) is 5.55. The van der Waals surface area contributed by atoms with Crippen LogP contribution in [0, 0.1) is 0 Å². The van der Waals surface area contributed by atoms with Gasteiger partial charge in [-0.2, -0.15) is 0 Å². The number of hydrogen-bond acceptors (Lipinski definition) is 2. The summed E-state index contributed by atoms with van der Waals surface area (Å²) in [5.41, 5.74) is 0.915. The van der Waals surface area contributed by atoms with Crippen LogP contribution in [-0.2, 0) is 9.53 Å². The van der Waals surface area contributed by atoms with Gasteiger partial charge >= 0.3 is 5.97 Å². The Morgan fingerprint density at radius 3 is 2.44 bits per heavy atom. The molecule has 0 heterocycles. The molecule has 0 radical (unpaired) electrons. The molecular formula is C13H15ClO2. The van der Waals surface area contributed by atoms with Gasteiger partial charge in [-0.05, 0) is 31.0 Å².